The molecule has 4 heteroatoms. The Kier molecular flexibility index (Phi) is 10.5. The van der Waals surface area contributed by atoms with Gasteiger partial charge in [0.15, 0.2) is 0 Å². The lowest BCUT2D eigenvalue weighted by atomic mass is 9.87. The molecule has 2 rings (SSSR count). The molecule has 2 aliphatic rings. The van der Waals surface area contributed by atoms with Crippen molar-refractivity contribution in [3.05, 3.63) is 23.8 Å². The molecule has 0 heterocycles. The van der Waals surface area contributed by atoms with Crippen LogP contribution < -0.4 is 0 Å². The van der Waals surface area contributed by atoms with E-state index in [0.717, 1.165) is 51.4 Å². The molecule has 184 valence electrons. The summed E-state index contributed by atoms with van der Waals surface area (Å²) in [4.78, 5) is 14.5. The van der Waals surface area contributed by atoms with Crippen molar-refractivity contribution in [1.82, 2.24) is 4.90 Å². The number of amides is 1. The van der Waals surface area contributed by atoms with Gasteiger partial charge in [-0.3, -0.25) is 4.79 Å². The molecule has 1 amide bonds. The van der Waals surface area contributed by atoms with Crippen LogP contribution in [-0.2, 0) is 4.79 Å². The summed E-state index contributed by atoms with van der Waals surface area (Å²) in [6, 6.07) is 0.511. The highest BCUT2D eigenvalue weighted by molar-refractivity contribution is 5.76. The predicted octanol–water partition coefficient (Wildman–Crippen LogP) is 6.02. The van der Waals surface area contributed by atoms with Gasteiger partial charge in [0.1, 0.15) is 0 Å². The molecule has 0 aromatic rings. The number of aliphatic hydroxyl groups excluding tert-OH is 1. The van der Waals surface area contributed by atoms with Crippen LogP contribution in [0.3, 0.4) is 0 Å². The summed E-state index contributed by atoms with van der Waals surface area (Å²) in [6.45, 7) is 12.4. The summed E-state index contributed by atoms with van der Waals surface area (Å²) >= 11 is 0. The van der Waals surface area contributed by atoms with Crippen molar-refractivity contribution in [3.8, 4) is 0 Å². The highest BCUT2D eigenvalue weighted by Crippen LogP contribution is 2.48. The van der Waals surface area contributed by atoms with Crippen LogP contribution in [0.15, 0.2) is 23.8 Å². The molecule has 2 N–H and O–H groups in total. The monoisotopic (exact) mass is 447 g/mol. The number of aliphatic hydroxyl groups is 2. The molecule has 0 aliphatic heterocycles. The zero-order chi connectivity index (χ0) is 23.9. The van der Waals surface area contributed by atoms with Gasteiger partial charge < -0.3 is 15.1 Å². The summed E-state index contributed by atoms with van der Waals surface area (Å²) in [5.74, 6) is 1.45. The maximum absolute atomic E-state index is 12.5. The summed E-state index contributed by atoms with van der Waals surface area (Å²) in [7, 11) is 0. The van der Waals surface area contributed by atoms with E-state index >= 15 is 0 Å². The van der Waals surface area contributed by atoms with Crippen molar-refractivity contribution in [2.75, 3.05) is 0 Å². The van der Waals surface area contributed by atoms with Crippen molar-refractivity contribution in [2.45, 2.75) is 130 Å². The minimum atomic E-state index is -0.646. The first-order valence-corrected chi connectivity index (χ1v) is 13.1. The molecule has 32 heavy (non-hydrogen) atoms. The Morgan fingerprint density at radius 2 is 1.91 bits per heavy atom. The number of hydrogen-bond donors (Lipinski definition) is 2. The molecule has 5 atom stereocenters. The summed E-state index contributed by atoms with van der Waals surface area (Å²) in [5.41, 5.74) is 0.865. The van der Waals surface area contributed by atoms with Gasteiger partial charge in [-0.15, -0.1) is 0 Å². The lowest BCUT2D eigenvalue weighted by Crippen LogP contribution is -2.41. The van der Waals surface area contributed by atoms with Gasteiger partial charge in [-0.1, -0.05) is 43.6 Å². The lowest BCUT2D eigenvalue weighted by Gasteiger charge is -2.30. The third-order valence-electron chi connectivity index (χ3n) is 7.47. The second-order valence-electron chi connectivity index (χ2n) is 11.2. The van der Waals surface area contributed by atoms with Gasteiger partial charge in [-0.2, -0.15) is 0 Å². The van der Waals surface area contributed by atoms with Gasteiger partial charge >= 0.3 is 0 Å². The molecular formula is C28H49NO3. The highest BCUT2D eigenvalue weighted by Gasteiger charge is 2.43. The fourth-order valence-corrected chi connectivity index (χ4v) is 5.86. The maximum Gasteiger partial charge on any atom is 0.223 e. The summed E-state index contributed by atoms with van der Waals surface area (Å²) < 4.78 is 0. The minimum Gasteiger partial charge on any atom is -0.392 e. The molecule has 1 fully saturated rings. The van der Waals surface area contributed by atoms with E-state index in [2.05, 4.69) is 52.8 Å². The Balaban J connectivity index is 1.78. The first kappa shape index (κ1) is 27.1. The number of allylic oxidation sites excluding steroid dienone is 2. The number of hydrogen-bond acceptors (Lipinski definition) is 3. The highest BCUT2D eigenvalue weighted by atomic mass is 16.3. The number of fused-ring (bicyclic) bond motifs is 1. The molecule has 0 spiro atoms. The standard InChI is InChI=1S/C28H49NO3/c1-7-8-15-28(6,32)16-11-13-24-25-18-22(17-23(25)19-26(24)30)12-9-10-14-27(31)29(20(2)3)21(4)5/h11,13,17,20-21,23-26,30,32H,7-10,12,14-16,18-19H2,1-6H3/t23-,24+,25-,26+,28-/m0/s1. The van der Waals surface area contributed by atoms with E-state index in [1.54, 1.807) is 0 Å². The van der Waals surface area contributed by atoms with Crippen LogP contribution in [0.1, 0.15) is 106 Å². The Hall–Kier alpha value is -1.13. The zero-order valence-electron chi connectivity index (χ0n) is 21.5. The molecule has 2 aliphatic carbocycles. The smallest absolute Gasteiger partial charge is 0.223 e. The predicted molar refractivity (Wildman–Crippen MR) is 133 cm³/mol. The second-order valence-corrected chi connectivity index (χ2v) is 11.2. The van der Waals surface area contributed by atoms with E-state index in [1.165, 1.54) is 5.57 Å². The first-order valence-electron chi connectivity index (χ1n) is 13.1. The van der Waals surface area contributed by atoms with E-state index in [4.69, 9.17) is 0 Å². The van der Waals surface area contributed by atoms with Gasteiger partial charge in [-0.05, 0) is 91.4 Å². The Morgan fingerprint density at radius 1 is 1.22 bits per heavy atom. The van der Waals surface area contributed by atoms with Gasteiger partial charge in [-0.25, -0.2) is 0 Å². The molecular weight excluding hydrogens is 398 g/mol. The number of carbonyl (C=O) groups is 1. The Bertz CT molecular complexity index is 641. The molecule has 1 saturated carbocycles. The second kappa shape index (κ2) is 12.4. The minimum absolute atomic E-state index is 0.197. The van der Waals surface area contributed by atoms with Crippen molar-refractivity contribution in [3.63, 3.8) is 0 Å². The number of carbonyl (C=O) groups excluding carboxylic acids is 1. The van der Waals surface area contributed by atoms with Crippen molar-refractivity contribution in [1.29, 1.82) is 0 Å². The number of rotatable bonds is 13. The first-order chi connectivity index (χ1) is 15.1. The molecule has 0 unspecified atom stereocenters. The molecule has 4 nitrogen and oxygen atoms in total. The topological polar surface area (TPSA) is 60.8 Å². The van der Waals surface area contributed by atoms with E-state index < -0.39 is 5.60 Å². The SMILES string of the molecule is CCCC[C@](C)(O)CC=C[C@@H]1[C@H]2CC(CCCCC(=O)N(C(C)C)C(C)C)=C[C@H]2C[C@H]1O. The van der Waals surface area contributed by atoms with E-state index in [0.29, 0.717) is 24.7 Å². The zero-order valence-corrected chi connectivity index (χ0v) is 21.5. The van der Waals surface area contributed by atoms with Gasteiger partial charge in [0, 0.05) is 24.4 Å². The van der Waals surface area contributed by atoms with Crippen LogP contribution in [0.25, 0.3) is 0 Å². The normalized spacial score (nSPS) is 27.2. The van der Waals surface area contributed by atoms with E-state index in [9.17, 15) is 15.0 Å². The number of nitrogens with zero attached hydrogens (tertiary/aromatic N) is 1. The lowest BCUT2D eigenvalue weighted by molar-refractivity contribution is -0.134. The average molecular weight is 448 g/mol. The van der Waals surface area contributed by atoms with Crippen LogP contribution in [0.5, 0.6) is 0 Å². The Morgan fingerprint density at radius 3 is 2.53 bits per heavy atom. The van der Waals surface area contributed by atoms with Crippen LogP contribution >= 0.6 is 0 Å². The van der Waals surface area contributed by atoms with E-state index in [1.807, 2.05) is 11.8 Å². The van der Waals surface area contributed by atoms with Gasteiger partial charge in [0.05, 0.1) is 11.7 Å². The average Bonchev–Trinajstić information content (AvgIpc) is 3.20. The third kappa shape index (κ3) is 7.73. The van der Waals surface area contributed by atoms with Gasteiger partial charge in [0.25, 0.3) is 0 Å². The maximum atomic E-state index is 12.5. The molecule has 0 radical (unpaired) electrons. The van der Waals surface area contributed by atoms with Crippen LogP contribution in [-0.4, -0.2) is 44.8 Å². The Labute approximate surface area is 197 Å². The quantitative estimate of drug-likeness (QED) is 0.268. The fourth-order valence-electron chi connectivity index (χ4n) is 5.86. The summed E-state index contributed by atoms with van der Waals surface area (Å²) in [5, 5.41) is 21.1. The van der Waals surface area contributed by atoms with Crippen molar-refractivity contribution >= 4 is 5.91 Å². The third-order valence-corrected chi connectivity index (χ3v) is 7.47. The molecule has 0 saturated heterocycles. The van der Waals surface area contributed by atoms with Crippen molar-refractivity contribution < 1.29 is 15.0 Å². The van der Waals surface area contributed by atoms with Crippen LogP contribution in [0.2, 0.25) is 0 Å². The molecule has 0 bridgehead atoms. The van der Waals surface area contributed by atoms with Crippen molar-refractivity contribution in [2.24, 2.45) is 17.8 Å². The van der Waals surface area contributed by atoms with E-state index in [-0.39, 0.29) is 30.0 Å². The van der Waals surface area contributed by atoms with Crippen LogP contribution in [0, 0.1) is 17.8 Å². The number of unbranched alkanes of at least 4 members (excludes halogenated alkanes) is 2. The molecule has 0 aromatic heterocycles. The summed E-state index contributed by atoms with van der Waals surface area (Å²) in [6.07, 6.45) is 15.7. The largest absolute Gasteiger partial charge is 0.392 e. The van der Waals surface area contributed by atoms with Gasteiger partial charge in [0.2, 0.25) is 5.91 Å². The van der Waals surface area contributed by atoms with Crippen LogP contribution in [0.4, 0.5) is 0 Å². The molecule has 0 aromatic carbocycles. The fraction of sp³-hybridized carbons (Fsp3) is 0.821.